The van der Waals surface area contributed by atoms with Crippen molar-refractivity contribution in [1.82, 2.24) is 0 Å². The Bertz CT molecular complexity index is 527. The quantitative estimate of drug-likeness (QED) is 0.575. The highest BCUT2D eigenvalue weighted by Gasteiger charge is 2.41. The van der Waals surface area contributed by atoms with Crippen LogP contribution in [-0.2, 0) is 19.1 Å². The van der Waals surface area contributed by atoms with E-state index in [2.05, 4.69) is 9.47 Å². The Labute approximate surface area is 122 Å². The molecule has 4 nitrogen and oxygen atoms in total. The molecule has 0 bridgehead atoms. The molecule has 9 heteroatoms. The zero-order valence-corrected chi connectivity index (χ0v) is 11.7. The van der Waals surface area contributed by atoms with Gasteiger partial charge in [0.25, 0.3) is 0 Å². The molecule has 0 spiro atoms. The molecule has 0 heterocycles. The van der Waals surface area contributed by atoms with Crippen LogP contribution in [0.15, 0.2) is 23.3 Å². The molecule has 0 aliphatic heterocycles. The maximum Gasteiger partial charge on any atom is 0.344 e. The maximum atomic E-state index is 13.4. The standard InChI is InChI=1S/C13H13F5O4/c1-5(2)13(20)22-4-7(19)21-3-6-8(14)10(16)12(18)11(17)9(6)15/h5-6,8H,3-4H2,1-2H3. The average molecular weight is 328 g/mol. The van der Waals surface area contributed by atoms with Crippen LogP contribution in [0.4, 0.5) is 22.0 Å². The van der Waals surface area contributed by atoms with Crippen LogP contribution in [0.2, 0.25) is 0 Å². The molecule has 0 N–H and O–H groups in total. The molecular weight excluding hydrogens is 315 g/mol. The topological polar surface area (TPSA) is 52.6 Å². The van der Waals surface area contributed by atoms with Crippen molar-refractivity contribution < 1.29 is 41.0 Å². The van der Waals surface area contributed by atoms with E-state index < -0.39 is 66.5 Å². The molecule has 0 radical (unpaired) electrons. The molecule has 0 fully saturated rings. The third kappa shape index (κ3) is 4.05. The molecule has 0 saturated heterocycles. The number of rotatable bonds is 5. The van der Waals surface area contributed by atoms with Gasteiger partial charge in [0, 0.05) is 0 Å². The molecule has 1 rings (SSSR count). The largest absolute Gasteiger partial charge is 0.462 e. The molecule has 1 aliphatic rings. The summed E-state index contributed by atoms with van der Waals surface area (Å²) in [6.45, 7) is 1.13. The van der Waals surface area contributed by atoms with E-state index in [0.29, 0.717) is 0 Å². The van der Waals surface area contributed by atoms with Crippen molar-refractivity contribution in [3.63, 3.8) is 0 Å². The second kappa shape index (κ2) is 7.37. The zero-order valence-electron chi connectivity index (χ0n) is 11.7. The summed E-state index contributed by atoms with van der Waals surface area (Å²) in [6.07, 6.45) is -2.81. The van der Waals surface area contributed by atoms with Crippen LogP contribution in [-0.4, -0.2) is 31.3 Å². The van der Waals surface area contributed by atoms with E-state index in [1.807, 2.05) is 0 Å². The van der Waals surface area contributed by atoms with Gasteiger partial charge >= 0.3 is 11.9 Å². The Balaban J connectivity index is 2.58. The molecule has 0 aromatic rings. The smallest absolute Gasteiger partial charge is 0.344 e. The van der Waals surface area contributed by atoms with Crippen LogP contribution < -0.4 is 0 Å². The monoisotopic (exact) mass is 328 g/mol. The fraction of sp³-hybridized carbons (Fsp3) is 0.538. The number of esters is 2. The van der Waals surface area contributed by atoms with Crippen LogP contribution in [0.5, 0.6) is 0 Å². The van der Waals surface area contributed by atoms with Crippen molar-refractivity contribution >= 4 is 11.9 Å². The maximum absolute atomic E-state index is 13.4. The van der Waals surface area contributed by atoms with E-state index in [1.165, 1.54) is 13.8 Å². The number of hydrogen-bond acceptors (Lipinski definition) is 4. The fourth-order valence-corrected chi connectivity index (χ4v) is 1.48. The highest BCUT2D eigenvalue weighted by molar-refractivity contribution is 5.77. The van der Waals surface area contributed by atoms with Crippen LogP contribution in [0.25, 0.3) is 0 Å². The van der Waals surface area contributed by atoms with Gasteiger partial charge < -0.3 is 9.47 Å². The van der Waals surface area contributed by atoms with Gasteiger partial charge in [0.2, 0.25) is 0 Å². The molecule has 124 valence electrons. The van der Waals surface area contributed by atoms with E-state index >= 15 is 0 Å². The summed E-state index contributed by atoms with van der Waals surface area (Å²) in [5.41, 5.74) is 0. The number of hydrogen-bond donors (Lipinski definition) is 0. The minimum atomic E-state index is -2.81. The van der Waals surface area contributed by atoms with Gasteiger partial charge in [0.15, 0.2) is 30.3 Å². The number of carbonyl (C=O) groups is 2. The first kappa shape index (κ1) is 18.1. The first-order valence-corrected chi connectivity index (χ1v) is 6.23. The van der Waals surface area contributed by atoms with Crippen molar-refractivity contribution in [3.8, 4) is 0 Å². The Kier molecular flexibility index (Phi) is 6.07. The summed E-state index contributed by atoms with van der Waals surface area (Å²) in [6, 6.07) is 0. The summed E-state index contributed by atoms with van der Waals surface area (Å²) in [5.74, 6) is -12.9. The third-order valence-electron chi connectivity index (χ3n) is 2.76. The lowest BCUT2D eigenvalue weighted by Crippen LogP contribution is -2.29. The van der Waals surface area contributed by atoms with Crippen LogP contribution in [0.3, 0.4) is 0 Å². The lowest BCUT2D eigenvalue weighted by molar-refractivity contribution is -0.161. The van der Waals surface area contributed by atoms with Crippen molar-refractivity contribution in [2.24, 2.45) is 11.8 Å². The van der Waals surface area contributed by atoms with Gasteiger partial charge in [-0.25, -0.2) is 26.7 Å². The normalized spacial score (nSPS) is 22.2. The van der Waals surface area contributed by atoms with Crippen molar-refractivity contribution in [2.75, 3.05) is 13.2 Å². The van der Waals surface area contributed by atoms with E-state index in [-0.39, 0.29) is 0 Å². The van der Waals surface area contributed by atoms with E-state index in [1.54, 1.807) is 0 Å². The summed E-state index contributed by atoms with van der Waals surface area (Å²) in [5, 5.41) is 0. The molecule has 0 aromatic carbocycles. The number of alkyl halides is 1. The van der Waals surface area contributed by atoms with Crippen molar-refractivity contribution in [2.45, 2.75) is 20.0 Å². The first-order valence-electron chi connectivity index (χ1n) is 6.23. The van der Waals surface area contributed by atoms with Gasteiger partial charge in [-0.2, -0.15) is 0 Å². The molecule has 0 saturated carbocycles. The van der Waals surface area contributed by atoms with Gasteiger partial charge in [-0.05, 0) is 0 Å². The van der Waals surface area contributed by atoms with Gasteiger partial charge in [0.05, 0.1) is 11.8 Å². The van der Waals surface area contributed by atoms with Crippen LogP contribution in [0, 0.1) is 11.8 Å². The second-order valence-corrected chi connectivity index (χ2v) is 4.78. The average Bonchev–Trinajstić information content (AvgIpc) is 2.48. The molecule has 2 atom stereocenters. The predicted octanol–water partition coefficient (Wildman–Crippen LogP) is 3.00. The molecule has 2 unspecified atom stereocenters. The highest BCUT2D eigenvalue weighted by atomic mass is 19.2. The summed E-state index contributed by atoms with van der Waals surface area (Å²) >= 11 is 0. The van der Waals surface area contributed by atoms with Crippen LogP contribution in [0.1, 0.15) is 13.8 Å². The lowest BCUT2D eigenvalue weighted by Gasteiger charge is -2.22. The molecule has 1 aliphatic carbocycles. The zero-order chi connectivity index (χ0) is 17.0. The Morgan fingerprint density at radius 1 is 1.05 bits per heavy atom. The predicted molar refractivity (Wildman–Crippen MR) is 63.6 cm³/mol. The van der Waals surface area contributed by atoms with Gasteiger partial charge in [0.1, 0.15) is 12.4 Å². The first-order chi connectivity index (χ1) is 10.2. The van der Waals surface area contributed by atoms with Gasteiger partial charge in [-0.3, -0.25) is 4.79 Å². The highest BCUT2D eigenvalue weighted by Crippen LogP contribution is 2.39. The molecular formula is C13H13F5O4. The third-order valence-corrected chi connectivity index (χ3v) is 2.76. The SMILES string of the molecule is CC(C)C(=O)OCC(=O)OCC1C(F)=C(F)C(F)=C(F)C1F. The summed E-state index contributed by atoms with van der Waals surface area (Å²) < 4.78 is 74.3. The van der Waals surface area contributed by atoms with Gasteiger partial charge in [-0.15, -0.1) is 0 Å². The van der Waals surface area contributed by atoms with E-state index in [4.69, 9.17) is 0 Å². The second-order valence-electron chi connectivity index (χ2n) is 4.78. The number of halogens is 5. The number of ether oxygens (including phenoxy) is 2. The Hall–Kier alpha value is -1.93. The summed E-state index contributed by atoms with van der Waals surface area (Å²) in [4.78, 5) is 22.3. The fourth-order valence-electron chi connectivity index (χ4n) is 1.48. The Morgan fingerprint density at radius 2 is 1.59 bits per heavy atom. The van der Waals surface area contributed by atoms with Crippen molar-refractivity contribution in [1.29, 1.82) is 0 Å². The number of carbonyl (C=O) groups excluding carboxylic acids is 2. The van der Waals surface area contributed by atoms with Crippen molar-refractivity contribution in [3.05, 3.63) is 23.3 Å². The van der Waals surface area contributed by atoms with Crippen LogP contribution >= 0.6 is 0 Å². The molecule has 0 aromatic heterocycles. The minimum absolute atomic E-state index is 0.502. The van der Waals surface area contributed by atoms with E-state index in [0.717, 1.165) is 0 Å². The number of allylic oxidation sites excluding steroid dienone is 3. The van der Waals surface area contributed by atoms with Gasteiger partial charge in [-0.1, -0.05) is 13.8 Å². The lowest BCUT2D eigenvalue weighted by atomic mass is 9.96. The Morgan fingerprint density at radius 3 is 2.14 bits per heavy atom. The molecule has 22 heavy (non-hydrogen) atoms. The summed E-state index contributed by atoms with van der Waals surface area (Å²) in [7, 11) is 0. The van der Waals surface area contributed by atoms with E-state index in [9.17, 15) is 31.5 Å². The minimum Gasteiger partial charge on any atom is -0.462 e. The molecule has 0 amide bonds.